The molecule has 0 unspecified atom stereocenters. The number of thiophene rings is 1. The summed E-state index contributed by atoms with van der Waals surface area (Å²) < 4.78 is 3.05. The topological polar surface area (TPSA) is 17.1 Å². The van der Waals surface area contributed by atoms with Crippen LogP contribution in [0.3, 0.4) is 0 Å². The molecule has 1 nitrogen and oxygen atoms in total. The van der Waals surface area contributed by atoms with Gasteiger partial charge in [0.25, 0.3) is 0 Å². The molecule has 0 aliphatic carbocycles. The van der Waals surface area contributed by atoms with Crippen molar-refractivity contribution in [3.05, 3.63) is 67.0 Å². The van der Waals surface area contributed by atoms with Crippen LogP contribution in [0.2, 0.25) is 0 Å². The summed E-state index contributed by atoms with van der Waals surface area (Å²) in [4.78, 5) is 12.7. The first-order valence-corrected chi connectivity index (χ1v) is 8.38. The van der Waals surface area contributed by atoms with Crippen LogP contribution in [-0.4, -0.2) is 5.78 Å². The molecule has 19 heavy (non-hydrogen) atoms. The number of hydrogen-bond donors (Lipinski definition) is 0. The van der Waals surface area contributed by atoms with Gasteiger partial charge in [0.15, 0.2) is 5.78 Å². The van der Waals surface area contributed by atoms with Gasteiger partial charge in [-0.3, -0.25) is 4.79 Å². The first-order chi connectivity index (χ1) is 9.16. The fourth-order valence-corrected chi connectivity index (χ4v) is 3.83. The van der Waals surface area contributed by atoms with E-state index in [4.69, 9.17) is 0 Å². The van der Waals surface area contributed by atoms with Gasteiger partial charge in [-0.1, -0.05) is 34.1 Å². The molecule has 3 aromatic rings. The van der Waals surface area contributed by atoms with Crippen LogP contribution in [0.15, 0.2) is 52.3 Å². The van der Waals surface area contributed by atoms with Crippen molar-refractivity contribution in [2.24, 2.45) is 0 Å². The number of hydrogen-bond acceptors (Lipinski definition) is 2. The molecule has 0 radical (unpaired) electrons. The molecule has 0 aliphatic heterocycles. The summed E-state index contributed by atoms with van der Waals surface area (Å²) in [6.45, 7) is 0. The Morgan fingerprint density at radius 1 is 1.11 bits per heavy atom. The number of fused-ring (bicyclic) bond motifs is 1. The zero-order valence-corrected chi connectivity index (χ0v) is 14.3. The van der Waals surface area contributed by atoms with Crippen LogP contribution in [0.5, 0.6) is 0 Å². The molecular weight excluding hydrogens is 435 g/mol. The number of carbonyl (C=O) groups is 1. The third-order valence-electron chi connectivity index (χ3n) is 2.90. The molecule has 0 spiro atoms. The monoisotopic (exact) mass is 442 g/mol. The highest BCUT2D eigenvalue weighted by Gasteiger charge is 2.16. The lowest BCUT2D eigenvalue weighted by Gasteiger charge is -2.04. The Balaban J connectivity index is 2.16. The number of benzene rings is 2. The average Bonchev–Trinajstić information content (AvgIpc) is 2.84. The lowest BCUT2D eigenvalue weighted by Crippen LogP contribution is -2.01. The summed E-state index contributed by atoms with van der Waals surface area (Å²) in [5.74, 6) is 0.0721. The number of rotatable bonds is 2. The van der Waals surface area contributed by atoms with Gasteiger partial charge in [0, 0.05) is 34.6 Å². The van der Waals surface area contributed by atoms with Crippen molar-refractivity contribution in [3.8, 4) is 0 Å². The van der Waals surface area contributed by atoms with Gasteiger partial charge >= 0.3 is 0 Å². The van der Waals surface area contributed by atoms with Gasteiger partial charge in [0.05, 0.1) is 0 Å². The second-order valence-electron chi connectivity index (χ2n) is 4.10. The summed E-state index contributed by atoms with van der Waals surface area (Å²) in [7, 11) is 0. The molecule has 0 saturated heterocycles. The van der Waals surface area contributed by atoms with E-state index in [1.54, 1.807) is 11.3 Å². The van der Waals surface area contributed by atoms with E-state index >= 15 is 0 Å². The number of ketones is 1. The SMILES string of the molecule is O=C(c1cc(I)ccc1Br)c1csc2ccccc12. The fraction of sp³-hybridized carbons (Fsp3) is 0. The van der Waals surface area contributed by atoms with Crippen LogP contribution >= 0.6 is 49.9 Å². The Labute approximate surface area is 136 Å². The van der Waals surface area contributed by atoms with Crippen molar-refractivity contribution in [1.82, 2.24) is 0 Å². The smallest absolute Gasteiger partial charge is 0.195 e. The average molecular weight is 443 g/mol. The second kappa shape index (κ2) is 5.34. The fourth-order valence-electron chi connectivity index (χ4n) is 1.97. The van der Waals surface area contributed by atoms with Crippen LogP contribution in [0.1, 0.15) is 15.9 Å². The molecule has 0 saturated carbocycles. The van der Waals surface area contributed by atoms with Gasteiger partial charge < -0.3 is 0 Å². The van der Waals surface area contributed by atoms with Crippen LogP contribution in [-0.2, 0) is 0 Å². The van der Waals surface area contributed by atoms with Crippen molar-refractivity contribution in [2.75, 3.05) is 0 Å². The first-order valence-electron chi connectivity index (χ1n) is 5.63. The van der Waals surface area contributed by atoms with Crippen molar-refractivity contribution < 1.29 is 4.79 Å². The third kappa shape index (κ3) is 2.49. The molecule has 2 aromatic carbocycles. The maximum atomic E-state index is 12.7. The van der Waals surface area contributed by atoms with Crippen molar-refractivity contribution in [1.29, 1.82) is 0 Å². The largest absolute Gasteiger partial charge is 0.289 e. The van der Waals surface area contributed by atoms with Crippen LogP contribution < -0.4 is 0 Å². The van der Waals surface area contributed by atoms with Crippen LogP contribution in [0.25, 0.3) is 10.1 Å². The minimum absolute atomic E-state index is 0.0721. The molecule has 0 N–H and O–H groups in total. The first kappa shape index (κ1) is 13.3. The molecule has 4 heteroatoms. The van der Waals surface area contributed by atoms with E-state index in [0.717, 1.165) is 29.3 Å². The Morgan fingerprint density at radius 2 is 1.89 bits per heavy atom. The molecule has 0 aliphatic rings. The van der Waals surface area contributed by atoms with Crippen LogP contribution in [0, 0.1) is 3.57 Å². The Morgan fingerprint density at radius 3 is 2.74 bits per heavy atom. The molecular formula is C15H8BrIOS. The Bertz CT molecular complexity index is 779. The predicted molar refractivity (Wildman–Crippen MR) is 92.1 cm³/mol. The molecule has 0 amide bonds. The molecule has 3 rings (SSSR count). The predicted octanol–water partition coefficient (Wildman–Crippen LogP) is 5.50. The lowest BCUT2D eigenvalue weighted by atomic mass is 10.0. The molecule has 0 bridgehead atoms. The summed E-state index contributed by atoms with van der Waals surface area (Å²) >= 11 is 7.29. The minimum Gasteiger partial charge on any atom is -0.289 e. The molecule has 1 aromatic heterocycles. The third-order valence-corrected chi connectivity index (χ3v) is 5.22. The highest BCUT2D eigenvalue weighted by Crippen LogP contribution is 2.30. The van der Waals surface area contributed by atoms with E-state index in [2.05, 4.69) is 38.5 Å². The Kier molecular flexibility index (Phi) is 3.73. The van der Waals surface area contributed by atoms with Gasteiger partial charge in [-0.05, 0) is 46.9 Å². The zero-order chi connectivity index (χ0) is 13.4. The van der Waals surface area contributed by atoms with Gasteiger partial charge in [0.1, 0.15) is 0 Å². The van der Waals surface area contributed by atoms with Crippen molar-refractivity contribution in [3.63, 3.8) is 0 Å². The number of carbonyl (C=O) groups excluding carboxylic acids is 1. The normalized spacial score (nSPS) is 10.8. The zero-order valence-electron chi connectivity index (χ0n) is 9.69. The van der Waals surface area contributed by atoms with E-state index in [0.29, 0.717) is 0 Å². The summed E-state index contributed by atoms with van der Waals surface area (Å²) in [6.07, 6.45) is 0. The van der Waals surface area contributed by atoms with E-state index < -0.39 is 0 Å². The standard InChI is InChI=1S/C15H8BrIOS/c16-13-6-5-9(17)7-11(13)15(18)12-8-19-14-4-2-1-3-10(12)14/h1-8H. The highest BCUT2D eigenvalue weighted by atomic mass is 127. The van der Waals surface area contributed by atoms with E-state index in [1.165, 1.54) is 0 Å². The minimum atomic E-state index is 0.0721. The summed E-state index contributed by atoms with van der Waals surface area (Å²) in [5, 5.41) is 2.97. The van der Waals surface area contributed by atoms with Gasteiger partial charge in [-0.2, -0.15) is 0 Å². The molecule has 0 atom stereocenters. The van der Waals surface area contributed by atoms with Gasteiger partial charge in [0.2, 0.25) is 0 Å². The maximum absolute atomic E-state index is 12.7. The number of halogens is 2. The van der Waals surface area contributed by atoms with Crippen LogP contribution in [0.4, 0.5) is 0 Å². The highest BCUT2D eigenvalue weighted by molar-refractivity contribution is 14.1. The van der Waals surface area contributed by atoms with Gasteiger partial charge in [-0.25, -0.2) is 0 Å². The Hall–Kier alpha value is -0.720. The quantitative estimate of drug-likeness (QED) is 0.378. The second-order valence-corrected chi connectivity index (χ2v) is 7.11. The molecule has 1 heterocycles. The van der Waals surface area contributed by atoms with Crippen molar-refractivity contribution in [2.45, 2.75) is 0 Å². The van der Waals surface area contributed by atoms with Crippen molar-refractivity contribution >= 4 is 65.7 Å². The maximum Gasteiger partial charge on any atom is 0.195 e. The lowest BCUT2D eigenvalue weighted by molar-refractivity contribution is 0.104. The van der Waals surface area contributed by atoms with E-state index in [-0.39, 0.29) is 5.78 Å². The summed E-state index contributed by atoms with van der Waals surface area (Å²) in [5.41, 5.74) is 1.50. The van der Waals surface area contributed by atoms with E-state index in [1.807, 2.05) is 47.8 Å². The molecule has 94 valence electrons. The van der Waals surface area contributed by atoms with Gasteiger partial charge in [-0.15, -0.1) is 11.3 Å². The molecule has 0 fully saturated rings. The van der Waals surface area contributed by atoms with E-state index in [9.17, 15) is 4.79 Å². The summed E-state index contributed by atoms with van der Waals surface area (Å²) in [6, 6.07) is 13.8.